The average Bonchev–Trinajstić information content (AvgIpc) is 3.25. The largest absolute Gasteiger partial charge is 0.506 e. The molecule has 2 aliphatic rings. The maximum absolute atomic E-state index is 14.0. The highest BCUT2D eigenvalue weighted by molar-refractivity contribution is 5.74. The first kappa shape index (κ1) is 25.3. The van der Waals surface area contributed by atoms with Crippen molar-refractivity contribution < 1.29 is 9.50 Å². The Balaban J connectivity index is 1.22. The van der Waals surface area contributed by atoms with E-state index in [2.05, 4.69) is 46.6 Å². The van der Waals surface area contributed by atoms with Gasteiger partial charge in [0.05, 0.1) is 6.20 Å². The van der Waals surface area contributed by atoms with Crippen LogP contribution in [0.4, 0.5) is 15.9 Å². The number of anilines is 2. The molecule has 0 spiro atoms. The lowest BCUT2D eigenvalue weighted by molar-refractivity contribution is 0.318. The van der Waals surface area contributed by atoms with Crippen LogP contribution < -0.4 is 5.32 Å². The van der Waals surface area contributed by atoms with Crippen LogP contribution in [-0.4, -0.2) is 15.1 Å². The predicted octanol–water partition coefficient (Wildman–Crippen LogP) is 8.94. The molecule has 5 heteroatoms. The fourth-order valence-corrected chi connectivity index (χ4v) is 5.84. The lowest BCUT2D eigenvalue weighted by Gasteiger charge is -2.22. The quantitative estimate of drug-likeness (QED) is 0.317. The first-order valence-corrected chi connectivity index (χ1v) is 13.8. The number of rotatable bonds is 6. The molecular weight excluding hydrogens is 461 g/mol. The third-order valence-corrected chi connectivity index (χ3v) is 8.03. The number of nitrogens with one attached hydrogen (secondary N) is 2. The van der Waals surface area contributed by atoms with Gasteiger partial charge in [0, 0.05) is 29.2 Å². The van der Waals surface area contributed by atoms with Crippen molar-refractivity contribution in [1.29, 1.82) is 0 Å². The molecule has 0 aliphatic heterocycles. The first-order chi connectivity index (χ1) is 18.0. The Kier molecular flexibility index (Phi) is 8.08. The second-order valence-corrected chi connectivity index (χ2v) is 10.8. The number of fused-ring (bicyclic) bond motifs is 1. The molecule has 0 unspecified atom stereocenters. The molecule has 0 atom stereocenters. The molecule has 0 radical (unpaired) electrons. The van der Waals surface area contributed by atoms with Crippen LogP contribution in [0.5, 0.6) is 5.75 Å². The van der Waals surface area contributed by atoms with Gasteiger partial charge in [-0.2, -0.15) is 0 Å². The SMILES string of the molecule is CC1CCCC(CCC2=CCCc3c(-c4ccc(Nc5ncc(O)cc5F)cc4)c[nH]c3C=C2)CCC1. The Labute approximate surface area is 219 Å². The third-order valence-electron chi connectivity index (χ3n) is 8.03. The maximum atomic E-state index is 14.0. The Bertz CT molecular complexity index is 1250. The molecule has 1 saturated carbocycles. The summed E-state index contributed by atoms with van der Waals surface area (Å²) in [5, 5.41) is 12.3. The summed E-state index contributed by atoms with van der Waals surface area (Å²) in [6.07, 6.45) is 23.3. The summed E-state index contributed by atoms with van der Waals surface area (Å²) >= 11 is 0. The summed E-state index contributed by atoms with van der Waals surface area (Å²) in [7, 11) is 0. The highest BCUT2D eigenvalue weighted by atomic mass is 19.1. The third kappa shape index (κ3) is 6.51. The van der Waals surface area contributed by atoms with E-state index < -0.39 is 5.82 Å². The molecule has 0 amide bonds. The predicted molar refractivity (Wildman–Crippen MR) is 150 cm³/mol. The minimum absolute atomic E-state index is 0.0918. The Hall–Kier alpha value is -3.34. The van der Waals surface area contributed by atoms with Gasteiger partial charge >= 0.3 is 0 Å². The molecule has 5 rings (SSSR count). The number of pyridine rings is 1. The normalized spacial score (nSPS) is 20.2. The Morgan fingerprint density at radius 3 is 2.62 bits per heavy atom. The highest BCUT2D eigenvalue weighted by Gasteiger charge is 2.16. The van der Waals surface area contributed by atoms with Crippen molar-refractivity contribution in [3.63, 3.8) is 0 Å². The van der Waals surface area contributed by atoms with E-state index in [4.69, 9.17) is 0 Å². The van der Waals surface area contributed by atoms with Crippen LogP contribution in [0.3, 0.4) is 0 Å². The number of H-pyrrole nitrogens is 1. The molecule has 3 aromatic rings. The number of allylic oxidation sites excluding steroid dienone is 3. The van der Waals surface area contributed by atoms with E-state index in [1.165, 1.54) is 80.0 Å². The van der Waals surface area contributed by atoms with Gasteiger partial charge < -0.3 is 15.4 Å². The lowest BCUT2D eigenvalue weighted by Crippen LogP contribution is -2.08. The Morgan fingerprint density at radius 2 is 1.86 bits per heavy atom. The van der Waals surface area contributed by atoms with Crippen molar-refractivity contribution >= 4 is 17.6 Å². The maximum Gasteiger partial charge on any atom is 0.169 e. The summed E-state index contributed by atoms with van der Waals surface area (Å²) < 4.78 is 14.0. The van der Waals surface area contributed by atoms with E-state index in [0.717, 1.165) is 42.0 Å². The minimum atomic E-state index is -0.588. The summed E-state index contributed by atoms with van der Waals surface area (Å²) in [6, 6.07) is 8.99. The zero-order chi connectivity index (χ0) is 25.6. The summed E-state index contributed by atoms with van der Waals surface area (Å²) in [4.78, 5) is 7.42. The van der Waals surface area contributed by atoms with Crippen LogP contribution in [0.25, 0.3) is 17.2 Å². The number of aromatic hydroxyl groups is 1. The molecule has 37 heavy (non-hydrogen) atoms. The zero-order valence-electron chi connectivity index (χ0n) is 21.8. The van der Waals surface area contributed by atoms with Gasteiger partial charge in [0.2, 0.25) is 0 Å². The molecule has 2 heterocycles. The highest BCUT2D eigenvalue weighted by Crippen LogP contribution is 2.33. The van der Waals surface area contributed by atoms with Crippen LogP contribution in [0.2, 0.25) is 0 Å². The van der Waals surface area contributed by atoms with Crippen LogP contribution in [0.1, 0.15) is 76.0 Å². The number of halogens is 1. The van der Waals surface area contributed by atoms with Gasteiger partial charge in [-0.1, -0.05) is 75.3 Å². The van der Waals surface area contributed by atoms with Gasteiger partial charge in [-0.25, -0.2) is 9.37 Å². The lowest BCUT2D eigenvalue weighted by atomic mass is 9.83. The van der Waals surface area contributed by atoms with Crippen molar-refractivity contribution in [3.8, 4) is 16.9 Å². The molecule has 0 saturated heterocycles. The fraction of sp³-hybridized carbons (Fsp3) is 0.406. The monoisotopic (exact) mass is 499 g/mol. The summed E-state index contributed by atoms with van der Waals surface area (Å²) in [5.74, 6) is 1.12. The van der Waals surface area contributed by atoms with Gasteiger partial charge in [-0.3, -0.25) is 0 Å². The smallest absolute Gasteiger partial charge is 0.169 e. The van der Waals surface area contributed by atoms with Gasteiger partial charge in [0.1, 0.15) is 5.75 Å². The molecule has 2 aromatic heterocycles. The molecule has 4 nitrogen and oxygen atoms in total. The second kappa shape index (κ2) is 11.8. The van der Waals surface area contributed by atoms with E-state index in [1.807, 2.05) is 24.3 Å². The van der Waals surface area contributed by atoms with Crippen LogP contribution in [0.15, 0.2) is 60.5 Å². The van der Waals surface area contributed by atoms with Gasteiger partial charge in [-0.05, 0) is 66.9 Å². The number of hydrogen-bond donors (Lipinski definition) is 3. The van der Waals surface area contributed by atoms with E-state index in [9.17, 15) is 9.50 Å². The van der Waals surface area contributed by atoms with Crippen molar-refractivity contribution in [2.75, 3.05) is 5.32 Å². The summed E-state index contributed by atoms with van der Waals surface area (Å²) in [5.41, 5.74) is 7.08. The van der Waals surface area contributed by atoms with E-state index in [0.29, 0.717) is 0 Å². The number of aromatic amines is 1. The summed E-state index contributed by atoms with van der Waals surface area (Å²) in [6.45, 7) is 2.41. The van der Waals surface area contributed by atoms with E-state index in [-0.39, 0.29) is 11.6 Å². The standard InChI is InChI=1S/C32H38FN3O/c1-22-5-2-7-23(8-3-6-22)11-12-24-9-4-10-28-29(21-34-31(28)18-13-24)25-14-16-26(17-15-25)36-32-30(33)19-27(37)20-35-32/h9,13-23,34,37H,2-8,10-12H2,1H3,(H,35,36). The van der Waals surface area contributed by atoms with Crippen LogP contribution in [0, 0.1) is 17.7 Å². The molecule has 3 N–H and O–H groups in total. The molecule has 194 valence electrons. The molecule has 0 bridgehead atoms. The number of nitrogens with zero attached hydrogens (tertiary/aromatic N) is 1. The molecule has 2 aliphatic carbocycles. The number of aromatic nitrogens is 2. The average molecular weight is 500 g/mol. The molecule has 1 aromatic carbocycles. The van der Waals surface area contributed by atoms with Gasteiger partial charge in [-0.15, -0.1) is 0 Å². The van der Waals surface area contributed by atoms with Gasteiger partial charge in [0.15, 0.2) is 11.6 Å². The topological polar surface area (TPSA) is 60.9 Å². The second-order valence-electron chi connectivity index (χ2n) is 10.8. The van der Waals surface area contributed by atoms with Crippen molar-refractivity contribution in [2.24, 2.45) is 11.8 Å². The first-order valence-electron chi connectivity index (χ1n) is 13.8. The zero-order valence-corrected chi connectivity index (χ0v) is 21.8. The van der Waals surface area contributed by atoms with E-state index >= 15 is 0 Å². The fourth-order valence-electron chi connectivity index (χ4n) is 5.84. The van der Waals surface area contributed by atoms with Gasteiger partial charge in [0.25, 0.3) is 0 Å². The van der Waals surface area contributed by atoms with E-state index in [1.54, 1.807) is 0 Å². The van der Waals surface area contributed by atoms with Crippen molar-refractivity contribution in [2.45, 2.75) is 71.1 Å². The minimum Gasteiger partial charge on any atom is -0.506 e. The van der Waals surface area contributed by atoms with Crippen molar-refractivity contribution in [1.82, 2.24) is 9.97 Å². The van der Waals surface area contributed by atoms with Crippen LogP contribution in [-0.2, 0) is 6.42 Å². The van der Waals surface area contributed by atoms with Crippen LogP contribution >= 0.6 is 0 Å². The van der Waals surface area contributed by atoms with Crippen molar-refractivity contribution in [3.05, 3.63) is 77.5 Å². The number of benzene rings is 1. The Morgan fingerprint density at radius 1 is 1.08 bits per heavy atom. The molecular formula is C32H38FN3O. The number of hydrogen-bond acceptors (Lipinski definition) is 3. The molecule has 1 fully saturated rings.